The van der Waals surface area contributed by atoms with Gasteiger partial charge in [0.05, 0.1) is 0 Å². The molecule has 29 heavy (non-hydrogen) atoms. The summed E-state index contributed by atoms with van der Waals surface area (Å²) in [4.78, 5) is 26.7. The summed E-state index contributed by atoms with van der Waals surface area (Å²) in [5, 5.41) is 6.12. The number of carbonyl (C=O) groups is 2. The molecule has 1 aromatic carbocycles. The van der Waals surface area contributed by atoms with Crippen molar-refractivity contribution in [2.75, 3.05) is 13.6 Å². The molecule has 1 saturated heterocycles. The number of aryl methyl sites for hydroxylation is 2. The predicted molar refractivity (Wildman–Crippen MR) is 113 cm³/mol. The molecule has 3 rings (SSSR count). The van der Waals surface area contributed by atoms with E-state index in [-0.39, 0.29) is 34.9 Å². The second-order valence-electron chi connectivity index (χ2n) is 7.78. The van der Waals surface area contributed by atoms with Crippen LogP contribution in [0.1, 0.15) is 46.5 Å². The number of likely N-dealkylation sites (tertiary alicyclic amines) is 1. The molecule has 156 valence electrons. The number of nitrogens with one attached hydrogen (secondary N) is 2. The van der Waals surface area contributed by atoms with Crippen molar-refractivity contribution in [3.63, 3.8) is 0 Å². The number of amides is 2. The van der Waals surface area contributed by atoms with E-state index in [1.807, 2.05) is 7.05 Å². The van der Waals surface area contributed by atoms with Crippen molar-refractivity contribution < 1.29 is 14.0 Å². The molecule has 0 radical (unpaired) electrons. The van der Waals surface area contributed by atoms with Crippen molar-refractivity contribution in [2.24, 2.45) is 0 Å². The maximum atomic E-state index is 12.4. The first-order chi connectivity index (χ1) is 13.8. The van der Waals surface area contributed by atoms with Gasteiger partial charge in [0.15, 0.2) is 11.0 Å². The first kappa shape index (κ1) is 21.4. The summed E-state index contributed by atoms with van der Waals surface area (Å²) in [5.41, 5.74) is 3.52. The SMILES string of the molecule is Cc1ccc(C)c(CNC(=O)C[C@H]2CC[C@@H](CNC(=O)c3ccc(Cl)o3)N2C)c1. The van der Waals surface area contributed by atoms with E-state index < -0.39 is 0 Å². The van der Waals surface area contributed by atoms with Gasteiger partial charge in [0.25, 0.3) is 5.91 Å². The van der Waals surface area contributed by atoms with Crippen LogP contribution >= 0.6 is 11.6 Å². The Morgan fingerprint density at radius 3 is 2.62 bits per heavy atom. The van der Waals surface area contributed by atoms with Crippen molar-refractivity contribution in [1.29, 1.82) is 0 Å². The van der Waals surface area contributed by atoms with Gasteiger partial charge in [-0.3, -0.25) is 14.5 Å². The van der Waals surface area contributed by atoms with E-state index in [0.29, 0.717) is 19.5 Å². The fourth-order valence-electron chi connectivity index (χ4n) is 3.79. The maximum absolute atomic E-state index is 12.4. The van der Waals surface area contributed by atoms with Crippen molar-refractivity contribution in [1.82, 2.24) is 15.5 Å². The zero-order chi connectivity index (χ0) is 21.0. The Morgan fingerprint density at radius 1 is 1.14 bits per heavy atom. The highest BCUT2D eigenvalue weighted by Crippen LogP contribution is 2.24. The quantitative estimate of drug-likeness (QED) is 0.723. The Labute approximate surface area is 176 Å². The molecule has 0 aliphatic carbocycles. The van der Waals surface area contributed by atoms with Gasteiger partial charge in [-0.25, -0.2) is 0 Å². The number of hydrogen-bond acceptors (Lipinski definition) is 4. The molecule has 1 aliphatic rings. The van der Waals surface area contributed by atoms with Crippen LogP contribution in [-0.2, 0) is 11.3 Å². The van der Waals surface area contributed by atoms with Gasteiger partial charge >= 0.3 is 0 Å². The van der Waals surface area contributed by atoms with E-state index >= 15 is 0 Å². The third-order valence-electron chi connectivity index (χ3n) is 5.68. The van der Waals surface area contributed by atoms with Gasteiger partial charge in [-0.1, -0.05) is 23.8 Å². The maximum Gasteiger partial charge on any atom is 0.287 e. The van der Waals surface area contributed by atoms with Crippen LogP contribution in [0.15, 0.2) is 34.7 Å². The van der Waals surface area contributed by atoms with E-state index in [2.05, 4.69) is 47.6 Å². The summed E-state index contributed by atoms with van der Waals surface area (Å²) in [5.74, 6) is -0.0179. The summed E-state index contributed by atoms with van der Waals surface area (Å²) in [6.07, 6.45) is 2.32. The highest BCUT2D eigenvalue weighted by Gasteiger charge is 2.32. The van der Waals surface area contributed by atoms with Crippen molar-refractivity contribution in [3.8, 4) is 0 Å². The van der Waals surface area contributed by atoms with Crippen LogP contribution in [0.2, 0.25) is 5.22 Å². The van der Waals surface area contributed by atoms with E-state index in [4.69, 9.17) is 16.0 Å². The second kappa shape index (κ2) is 9.46. The van der Waals surface area contributed by atoms with Crippen LogP contribution in [0, 0.1) is 13.8 Å². The zero-order valence-corrected chi connectivity index (χ0v) is 17.9. The largest absolute Gasteiger partial charge is 0.440 e. The van der Waals surface area contributed by atoms with E-state index in [9.17, 15) is 9.59 Å². The lowest BCUT2D eigenvalue weighted by Crippen LogP contribution is -2.42. The normalized spacial score (nSPS) is 19.3. The molecule has 1 aliphatic heterocycles. The van der Waals surface area contributed by atoms with Gasteiger partial charge in [0, 0.05) is 31.6 Å². The summed E-state index contributed by atoms with van der Waals surface area (Å²) in [6, 6.07) is 9.74. The Balaban J connectivity index is 1.44. The molecule has 6 nitrogen and oxygen atoms in total. The number of nitrogens with zero attached hydrogens (tertiary/aromatic N) is 1. The molecule has 2 atom stereocenters. The monoisotopic (exact) mass is 417 g/mol. The van der Waals surface area contributed by atoms with Gasteiger partial charge in [-0.05, 0) is 68.6 Å². The van der Waals surface area contributed by atoms with Crippen LogP contribution in [-0.4, -0.2) is 42.4 Å². The Morgan fingerprint density at radius 2 is 1.90 bits per heavy atom. The number of rotatable bonds is 7. The predicted octanol–water partition coefficient (Wildman–Crippen LogP) is 3.45. The average Bonchev–Trinajstić information content (AvgIpc) is 3.27. The lowest BCUT2D eigenvalue weighted by Gasteiger charge is -2.25. The number of likely N-dealkylation sites (N-methyl/N-ethyl adjacent to an activating group) is 1. The molecule has 2 amide bonds. The number of hydrogen-bond donors (Lipinski definition) is 2. The summed E-state index contributed by atoms with van der Waals surface area (Å²) in [6.45, 7) is 5.17. The molecule has 7 heteroatoms. The van der Waals surface area contributed by atoms with Gasteiger partial charge in [0.1, 0.15) is 0 Å². The minimum absolute atomic E-state index is 0.0534. The Hall–Kier alpha value is -2.31. The van der Waals surface area contributed by atoms with Crippen LogP contribution in [0.25, 0.3) is 0 Å². The van der Waals surface area contributed by atoms with E-state index in [1.165, 1.54) is 11.1 Å². The third kappa shape index (κ3) is 5.61. The molecule has 0 spiro atoms. The molecule has 2 heterocycles. The molecular weight excluding hydrogens is 390 g/mol. The van der Waals surface area contributed by atoms with Gasteiger partial charge < -0.3 is 15.1 Å². The summed E-state index contributed by atoms with van der Waals surface area (Å²) >= 11 is 5.71. The Bertz CT molecular complexity index is 880. The number of benzene rings is 1. The first-order valence-corrected chi connectivity index (χ1v) is 10.3. The van der Waals surface area contributed by atoms with Gasteiger partial charge in [-0.15, -0.1) is 0 Å². The molecule has 1 aromatic heterocycles. The standard InChI is InChI=1S/C22H28ClN3O3/c1-14-4-5-15(2)16(10-14)12-24-21(27)11-17-6-7-18(26(17)3)13-25-22(28)19-8-9-20(23)29-19/h4-5,8-10,17-18H,6-7,11-13H2,1-3H3,(H,24,27)(H,25,28)/t17-,18+/m1/s1. The smallest absolute Gasteiger partial charge is 0.287 e. The lowest BCUT2D eigenvalue weighted by atomic mass is 10.1. The topological polar surface area (TPSA) is 74.6 Å². The highest BCUT2D eigenvalue weighted by molar-refractivity contribution is 6.29. The van der Waals surface area contributed by atoms with Crippen molar-refractivity contribution >= 4 is 23.4 Å². The van der Waals surface area contributed by atoms with Crippen LogP contribution in [0.5, 0.6) is 0 Å². The lowest BCUT2D eigenvalue weighted by molar-refractivity contribution is -0.122. The fourth-order valence-corrected chi connectivity index (χ4v) is 3.93. The minimum atomic E-state index is -0.278. The summed E-state index contributed by atoms with van der Waals surface area (Å²) < 4.78 is 5.13. The molecule has 0 unspecified atom stereocenters. The average molecular weight is 418 g/mol. The number of carbonyl (C=O) groups excluding carboxylic acids is 2. The third-order valence-corrected chi connectivity index (χ3v) is 5.89. The van der Waals surface area contributed by atoms with Crippen molar-refractivity contribution in [3.05, 3.63) is 58.0 Å². The van der Waals surface area contributed by atoms with Gasteiger partial charge in [0.2, 0.25) is 5.91 Å². The minimum Gasteiger partial charge on any atom is -0.440 e. The van der Waals surface area contributed by atoms with Gasteiger partial charge in [-0.2, -0.15) is 0 Å². The molecule has 0 bridgehead atoms. The highest BCUT2D eigenvalue weighted by atomic mass is 35.5. The Kier molecular flexibility index (Phi) is 6.98. The van der Waals surface area contributed by atoms with E-state index in [0.717, 1.165) is 18.4 Å². The van der Waals surface area contributed by atoms with E-state index in [1.54, 1.807) is 12.1 Å². The number of halogens is 1. The molecule has 0 saturated carbocycles. The van der Waals surface area contributed by atoms with Crippen molar-refractivity contribution in [2.45, 2.75) is 51.7 Å². The first-order valence-electron chi connectivity index (χ1n) is 9.92. The zero-order valence-electron chi connectivity index (χ0n) is 17.1. The van der Waals surface area contributed by atoms with Crippen LogP contribution in [0.3, 0.4) is 0 Å². The molecular formula is C22H28ClN3O3. The molecule has 2 N–H and O–H groups in total. The summed E-state index contributed by atoms with van der Waals surface area (Å²) in [7, 11) is 2.01. The molecule has 1 fully saturated rings. The second-order valence-corrected chi connectivity index (χ2v) is 8.15. The van der Waals surface area contributed by atoms with Crippen LogP contribution < -0.4 is 10.6 Å². The molecule has 2 aromatic rings. The van der Waals surface area contributed by atoms with Crippen LogP contribution in [0.4, 0.5) is 0 Å². The number of furan rings is 1. The fraction of sp³-hybridized carbons (Fsp3) is 0.455.